The Hall–Kier alpha value is -1.30. The number of carbonyl (C=O) groups is 2. The van der Waals surface area contributed by atoms with Gasteiger partial charge in [-0.15, -0.1) is 0 Å². The summed E-state index contributed by atoms with van der Waals surface area (Å²) in [7, 11) is 0. The first-order valence-electron chi connectivity index (χ1n) is 7.06. The zero-order chi connectivity index (χ0) is 14.0. The van der Waals surface area contributed by atoms with E-state index in [2.05, 4.69) is 19.2 Å². The van der Waals surface area contributed by atoms with Crippen molar-refractivity contribution in [1.29, 1.82) is 0 Å². The van der Waals surface area contributed by atoms with Crippen LogP contribution in [0.5, 0.6) is 0 Å². The SMILES string of the molecule is C[C@@H]1CN(C(=O)[C@@H]2CCCN(C(N)=O)C2)C[C@H](C)N1. The van der Waals surface area contributed by atoms with Gasteiger partial charge < -0.3 is 20.9 Å². The molecule has 0 aliphatic carbocycles. The van der Waals surface area contributed by atoms with E-state index in [1.165, 1.54) is 0 Å². The van der Waals surface area contributed by atoms with Gasteiger partial charge in [0.25, 0.3) is 0 Å². The highest BCUT2D eigenvalue weighted by molar-refractivity contribution is 5.80. The molecule has 2 saturated heterocycles. The number of hydrogen-bond donors (Lipinski definition) is 2. The van der Waals surface area contributed by atoms with Gasteiger partial charge in [0.1, 0.15) is 0 Å². The molecule has 2 fully saturated rings. The smallest absolute Gasteiger partial charge is 0.314 e. The maximum atomic E-state index is 12.5. The van der Waals surface area contributed by atoms with Crippen molar-refractivity contribution >= 4 is 11.9 Å². The number of nitrogens with two attached hydrogens (primary N) is 1. The van der Waals surface area contributed by atoms with Gasteiger partial charge in [-0.05, 0) is 26.7 Å². The summed E-state index contributed by atoms with van der Waals surface area (Å²) in [5.41, 5.74) is 5.30. The zero-order valence-corrected chi connectivity index (χ0v) is 11.8. The number of amides is 3. The number of rotatable bonds is 1. The molecule has 3 amide bonds. The maximum absolute atomic E-state index is 12.5. The molecule has 0 aromatic rings. The number of hydrogen-bond acceptors (Lipinski definition) is 3. The summed E-state index contributed by atoms with van der Waals surface area (Å²) in [5, 5.41) is 3.42. The van der Waals surface area contributed by atoms with Crippen LogP contribution in [-0.4, -0.2) is 60.0 Å². The third-order valence-corrected chi connectivity index (χ3v) is 3.95. The predicted molar refractivity (Wildman–Crippen MR) is 72.5 cm³/mol. The van der Waals surface area contributed by atoms with Crippen molar-refractivity contribution in [2.45, 2.75) is 38.8 Å². The molecule has 0 spiro atoms. The minimum absolute atomic E-state index is 0.0845. The molecule has 0 aromatic carbocycles. The number of nitrogens with zero attached hydrogens (tertiary/aromatic N) is 2. The first-order valence-corrected chi connectivity index (χ1v) is 7.06. The highest BCUT2D eigenvalue weighted by Crippen LogP contribution is 2.20. The number of urea groups is 1. The molecular formula is C13H24N4O2. The van der Waals surface area contributed by atoms with Gasteiger partial charge in [-0.3, -0.25) is 4.79 Å². The fraction of sp³-hybridized carbons (Fsp3) is 0.846. The number of carbonyl (C=O) groups excluding carboxylic acids is 2. The van der Waals surface area contributed by atoms with Crippen molar-refractivity contribution < 1.29 is 9.59 Å². The van der Waals surface area contributed by atoms with Crippen LogP contribution < -0.4 is 11.1 Å². The second-order valence-electron chi connectivity index (χ2n) is 5.84. The van der Waals surface area contributed by atoms with Crippen molar-refractivity contribution in [3.05, 3.63) is 0 Å². The summed E-state index contributed by atoms with van der Waals surface area (Å²) in [6.45, 7) is 6.82. The zero-order valence-electron chi connectivity index (χ0n) is 11.8. The fourth-order valence-electron chi connectivity index (χ4n) is 3.14. The van der Waals surface area contributed by atoms with Gasteiger partial charge in [-0.2, -0.15) is 0 Å². The second-order valence-corrected chi connectivity index (χ2v) is 5.84. The molecule has 0 unspecified atom stereocenters. The van der Waals surface area contributed by atoms with Gasteiger partial charge in [0.05, 0.1) is 5.92 Å². The van der Waals surface area contributed by atoms with Crippen molar-refractivity contribution in [3.63, 3.8) is 0 Å². The minimum atomic E-state index is -0.417. The van der Waals surface area contributed by atoms with Crippen LogP contribution >= 0.6 is 0 Å². The summed E-state index contributed by atoms with van der Waals surface area (Å²) in [4.78, 5) is 27.3. The lowest BCUT2D eigenvalue weighted by Crippen LogP contribution is -2.58. The lowest BCUT2D eigenvalue weighted by atomic mass is 9.95. The maximum Gasteiger partial charge on any atom is 0.314 e. The third kappa shape index (κ3) is 3.37. The quantitative estimate of drug-likeness (QED) is 0.702. The Morgan fingerprint density at radius 3 is 2.32 bits per heavy atom. The van der Waals surface area contributed by atoms with Crippen LogP contribution in [0.25, 0.3) is 0 Å². The summed E-state index contributed by atoms with van der Waals surface area (Å²) < 4.78 is 0. The van der Waals surface area contributed by atoms with E-state index in [9.17, 15) is 9.59 Å². The molecule has 0 radical (unpaired) electrons. The summed E-state index contributed by atoms with van der Waals surface area (Å²) in [5.74, 6) is 0.0879. The molecule has 0 aromatic heterocycles. The monoisotopic (exact) mass is 268 g/mol. The molecule has 108 valence electrons. The number of likely N-dealkylation sites (tertiary alicyclic amines) is 1. The Labute approximate surface area is 114 Å². The molecule has 2 heterocycles. The first-order chi connectivity index (χ1) is 8.97. The van der Waals surface area contributed by atoms with Crippen LogP contribution in [-0.2, 0) is 4.79 Å². The standard InChI is InChI=1S/C13H24N4O2/c1-9-6-17(7-10(2)15-9)12(18)11-4-3-5-16(8-11)13(14)19/h9-11,15H,3-8H2,1-2H3,(H2,14,19)/t9-,10+,11-/m1/s1. The van der Waals surface area contributed by atoms with E-state index < -0.39 is 6.03 Å². The largest absolute Gasteiger partial charge is 0.351 e. The summed E-state index contributed by atoms with van der Waals surface area (Å²) >= 11 is 0. The molecule has 19 heavy (non-hydrogen) atoms. The second kappa shape index (κ2) is 5.77. The van der Waals surface area contributed by atoms with E-state index in [1.54, 1.807) is 4.90 Å². The fourth-order valence-corrected chi connectivity index (χ4v) is 3.14. The molecule has 3 N–H and O–H groups in total. The number of primary amides is 1. The van der Waals surface area contributed by atoms with Gasteiger partial charge in [0.2, 0.25) is 5.91 Å². The minimum Gasteiger partial charge on any atom is -0.351 e. The average molecular weight is 268 g/mol. The van der Waals surface area contributed by atoms with Gasteiger partial charge in [0, 0.05) is 38.3 Å². The highest BCUT2D eigenvalue weighted by Gasteiger charge is 2.33. The van der Waals surface area contributed by atoms with Gasteiger partial charge >= 0.3 is 6.03 Å². The number of nitrogens with one attached hydrogen (secondary N) is 1. The van der Waals surface area contributed by atoms with Crippen molar-refractivity contribution in [3.8, 4) is 0 Å². The summed E-state index contributed by atoms with van der Waals surface area (Å²) in [6, 6.07) is 0.228. The Bertz CT molecular complexity index is 351. The Morgan fingerprint density at radius 2 is 1.74 bits per heavy atom. The molecule has 2 aliphatic rings. The van der Waals surface area contributed by atoms with Gasteiger partial charge in [0.15, 0.2) is 0 Å². The van der Waals surface area contributed by atoms with E-state index in [1.807, 2.05) is 4.90 Å². The Morgan fingerprint density at radius 1 is 1.11 bits per heavy atom. The number of piperidine rings is 1. The molecule has 0 bridgehead atoms. The molecular weight excluding hydrogens is 244 g/mol. The normalized spacial score (nSPS) is 32.2. The van der Waals surface area contributed by atoms with E-state index in [-0.39, 0.29) is 11.8 Å². The van der Waals surface area contributed by atoms with Crippen molar-refractivity contribution in [2.24, 2.45) is 11.7 Å². The van der Waals surface area contributed by atoms with Crippen LogP contribution in [0, 0.1) is 5.92 Å². The molecule has 0 saturated carbocycles. The molecule has 2 aliphatic heterocycles. The molecule has 3 atom stereocenters. The Balaban J connectivity index is 1.96. The topological polar surface area (TPSA) is 78.7 Å². The van der Waals surface area contributed by atoms with E-state index in [4.69, 9.17) is 5.73 Å². The summed E-state index contributed by atoms with van der Waals surface area (Å²) in [6.07, 6.45) is 1.71. The predicted octanol–water partition coefficient (Wildman–Crippen LogP) is -0.0141. The molecule has 6 heteroatoms. The first kappa shape index (κ1) is 14.1. The molecule has 2 rings (SSSR count). The highest BCUT2D eigenvalue weighted by atomic mass is 16.2. The van der Waals surface area contributed by atoms with Crippen LogP contribution in [0.15, 0.2) is 0 Å². The third-order valence-electron chi connectivity index (χ3n) is 3.95. The van der Waals surface area contributed by atoms with Gasteiger partial charge in [-0.25, -0.2) is 4.79 Å². The van der Waals surface area contributed by atoms with Gasteiger partial charge in [-0.1, -0.05) is 0 Å². The van der Waals surface area contributed by atoms with E-state index >= 15 is 0 Å². The lowest BCUT2D eigenvalue weighted by molar-refractivity contribution is -0.138. The van der Waals surface area contributed by atoms with Crippen molar-refractivity contribution in [2.75, 3.05) is 26.2 Å². The Kier molecular flexibility index (Phi) is 4.29. The molecule has 6 nitrogen and oxygen atoms in total. The van der Waals surface area contributed by atoms with Crippen LogP contribution in [0.1, 0.15) is 26.7 Å². The average Bonchev–Trinajstić information content (AvgIpc) is 2.37. The van der Waals surface area contributed by atoms with Crippen LogP contribution in [0.2, 0.25) is 0 Å². The van der Waals surface area contributed by atoms with E-state index in [0.29, 0.717) is 25.2 Å². The van der Waals surface area contributed by atoms with Crippen LogP contribution in [0.4, 0.5) is 4.79 Å². The van der Waals surface area contributed by atoms with Crippen molar-refractivity contribution in [1.82, 2.24) is 15.1 Å². The number of piperazine rings is 1. The van der Waals surface area contributed by atoms with Crippen LogP contribution in [0.3, 0.4) is 0 Å². The van der Waals surface area contributed by atoms with E-state index in [0.717, 1.165) is 25.9 Å². The lowest BCUT2D eigenvalue weighted by Gasteiger charge is -2.39.